The van der Waals surface area contributed by atoms with Crippen LogP contribution in [0, 0.1) is 24.0 Å². The van der Waals surface area contributed by atoms with E-state index in [1.807, 2.05) is 0 Å². The summed E-state index contributed by atoms with van der Waals surface area (Å²) in [5, 5.41) is 23.3. The molecule has 17 heavy (non-hydrogen) atoms. The lowest BCUT2D eigenvalue weighted by Crippen LogP contribution is -2.05. The molecule has 0 spiro atoms. The Morgan fingerprint density at radius 3 is 2.59 bits per heavy atom. The van der Waals surface area contributed by atoms with Gasteiger partial charge in [-0.3, -0.25) is 14.8 Å². The van der Waals surface area contributed by atoms with Crippen LogP contribution in [-0.4, -0.2) is 25.8 Å². The molecule has 0 bridgehead atoms. The van der Waals surface area contributed by atoms with E-state index in [-0.39, 0.29) is 12.2 Å². The second-order valence-electron chi connectivity index (χ2n) is 3.76. The lowest BCUT2D eigenvalue weighted by Gasteiger charge is -2.02. The van der Waals surface area contributed by atoms with Gasteiger partial charge in [0, 0.05) is 6.08 Å². The third kappa shape index (κ3) is 2.90. The summed E-state index contributed by atoms with van der Waals surface area (Å²) in [5.74, 6) is -1.04. The van der Waals surface area contributed by atoms with Crippen LogP contribution >= 0.6 is 0 Å². The summed E-state index contributed by atoms with van der Waals surface area (Å²) in [7, 11) is 0. The maximum Gasteiger partial charge on any atom is 0.328 e. The second kappa shape index (κ2) is 4.77. The van der Waals surface area contributed by atoms with Gasteiger partial charge in [0.05, 0.1) is 11.5 Å². The Morgan fingerprint density at radius 2 is 2.18 bits per heavy atom. The van der Waals surface area contributed by atoms with Gasteiger partial charge < -0.3 is 5.11 Å². The van der Waals surface area contributed by atoms with Crippen LogP contribution in [0.25, 0.3) is 0 Å². The first-order valence-corrected chi connectivity index (χ1v) is 4.91. The van der Waals surface area contributed by atoms with E-state index < -0.39 is 10.9 Å². The van der Waals surface area contributed by atoms with Gasteiger partial charge in [-0.2, -0.15) is 5.10 Å². The Morgan fingerprint density at radius 1 is 1.59 bits per heavy atom. The Balaban J connectivity index is 3.06. The number of aromatic nitrogens is 2. The normalized spacial score (nSPS) is 11.6. The molecule has 92 valence electrons. The maximum absolute atomic E-state index is 10.8. The highest BCUT2D eigenvalue weighted by Crippen LogP contribution is 2.22. The highest BCUT2D eigenvalue weighted by molar-refractivity contribution is 5.80. The third-order valence-electron chi connectivity index (χ3n) is 2.29. The fourth-order valence-electron chi connectivity index (χ4n) is 1.60. The van der Waals surface area contributed by atoms with Crippen LogP contribution < -0.4 is 0 Å². The number of carboxylic acids is 1. The van der Waals surface area contributed by atoms with Crippen LogP contribution in [-0.2, 0) is 11.3 Å². The smallest absolute Gasteiger partial charge is 0.328 e. The lowest BCUT2D eigenvalue weighted by atomic mass is 10.2. The minimum absolute atomic E-state index is 0.0203. The van der Waals surface area contributed by atoms with Crippen LogP contribution in [0.3, 0.4) is 0 Å². The van der Waals surface area contributed by atoms with Crippen molar-refractivity contribution >= 4 is 11.7 Å². The largest absolute Gasteiger partial charge is 0.478 e. The van der Waals surface area contributed by atoms with E-state index in [1.54, 1.807) is 20.8 Å². The molecule has 7 nitrogen and oxygen atoms in total. The first kappa shape index (κ1) is 12.9. The van der Waals surface area contributed by atoms with Gasteiger partial charge in [0.2, 0.25) is 0 Å². The zero-order valence-electron chi connectivity index (χ0n) is 9.80. The molecule has 0 aliphatic heterocycles. The standard InChI is InChI=1S/C10H13N3O4/c1-6(4-9(14)15)5-12-8(3)10(13(16)17)7(2)11-12/h4H,5H2,1-3H3,(H,14,15). The summed E-state index contributed by atoms with van der Waals surface area (Å²) in [6.45, 7) is 5.01. The Bertz CT molecular complexity index is 502. The number of carboxylic acid groups (broad SMARTS) is 1. The van der Waals surface area contributed by atoms with Gasteiger partial charge in [0.1, 0.15) is 11.4 Å². The predicted molar refractivity (Wildman–Crippen MR) is 59.7 cm³/mol. The number of hydrogen-bond donors (Lipinski definition) is 1. The molecule has 1 aromatic heterocycles. The molecule has 7 heteroatoms. The molecule has 0 saturated heterocycles. The van der Waals surface area contributed by atoms with Gasteiger partial charge >= 0.3 is 11.7 Å². The molecule has 0 aromatic carbocycles. The van der Waals surface area contributed by atoms with Crippen molar-refractivity contribution in [3.63, 3.8) is 0 Å². The van der Waals surface area contributed by atoms with Gasteiger partial charge in [-0.15, -0.1) is 0 Å². The molecule has 0 fully saturated rings. The minimum atomic E-state index is -1.04. The summed E-state index contributed by atoms with van der Waals surface area (Å²) in [5.41, 5.74) is 1.30. The molecule has 0 aliphatic rings. The van der Waals surface area contributed by atoms with Crippen LogP contribution in [0.1, 0.15) is 18.3 Å². The number of rotatable bonds is 4. The number of aryl methyl sites for hydroxylation is 1. The third-order valence-corrected chi connectivity index (χ3v) is 2.29. The molecule has 0 radical (unpaired) electrons. The van der Waals surface area contributed by atoms with Crippen molar-refractivity contribution in [2.45, 2.75) is 27.3 Å². The topological polar surface area (TPSA) is 98.3 Å². The van der Waals surface area contributed by atoms with Crippen molar-refractivity contribution in [3.8, 4) is 0 Å². The second-order valence-corrected chi connectivity index (χ2v) is 3.76. The van der Waals surface area contributed by atoms with Crippen LogP contribution in [0.4, 0.5) is 5.69 Å². The summed E-state index contributed by atoms with van der Waals surface area (Å²) in [6.07, 6.45) is 1.06. The number of aliphatic carboxylic acids is 1. The fourth-order valence-corrected chi connectivity index (χ4v) is 1.60. The van der Waals surface area contributed by atoms with Gasteiger partial charge in [-0.1, -0.05) is 0 Å². The number of nitrogens with zero attached hydrogens (tertiary/aromatic N) is 3. The molecule has 1 rings (SSSR count). The summed E-state index contributed by atoms with van der Waals surface area (Å²) >= 11 is 0. The SMILES string of the molecule is CC(=CC(=O)O)Cn1nc(C)c([N+](=O)[O-])c1C. The average Bonchev–Trinajstić information content (AvgIpc) is 2.39. The monoisotopic (exact) mass is 239 g/mol. The van der Waals surface area contributed by atoms with Crippen molar-refractivity contribution in [2.24, 2.45) is 0 Å². The first-order valence-electron chi connectivity index (χ1n) is 4.91. The van der Waals surface area contributed by atoms with E-state index in [4.69, 9.17) is 5.11 Å². The maximum atomic E-state index is 10.8. The number of allylic oxidation sites excluding steroid dienone is 1. The first-order chi connectivity index (χ1) is 7.82. The fraction of sp³-hybridized carbons (Fsp3) is 0.400. The van der Waals surface area contributed by atoms with Gasteiger partial charge in [0.15, 0.2) is 0 Å². The van der Waals surface area contributed by atoms with Crippen molar-refractivity contribution < 1.29 is 14.8 Å². The zero-order chi connectivity index (χ0) is 13.2. The molecular weight excluding hydrogens is 226 g/mol. The van der Waals surface area contributed by atoms with E-state index in [0.717, 1.165) is 6.08 Å². The highest BCUT2D eigenvalue weighted by atomic mass is 16.6. The van der Waals surface area contributed by atoms with Gasteiger partial charge in [-0.25, -0.2) is 4.79 Å². The Labute approximate surface area is 97.5 Å². The number of nitro groups is 1. The quantitative estimate of drug-likeness (QED) is 0.487. The van der Waals surface area contributed by atoms with Gasteiger partial charge in [0.25, 0.3) is 0 Å². The molecule has 0 atom stereocenters. The van der Waals surface area contributed by atoms with E-state index in [0.29, 0.717) is 17.0 Å². The van der Waals surface area contributed by atoms with E-state index in [2.05, 4.69) is 5.10 Å². The highest BCUT2D eigenvalue weighted by Gasteiger charge is 2.21. The lowest BCUT2D eigenvalue weighted by molar-refractivity contribution is -0.386. The molecule has 1 aromatic rings. The molecule has 0 amide bonds. The molecule has 0 unspecified atom stereocenters. The van der Waals surface area contributed by atoms with Crippen LogP contribution in [0.15, 0.2) is 11.6 Å². The predicted octanol–water partition coefficient (Wildman–Crippen LogP) is 1.44. The Hall–Kier alpha value is -2.18. The van der Waals surface area contributed by atoms with E-state index in [1.165, 1.54) is 4.68 Å². The van der Waals surface area contributed by atoms with Crippen molar-refractivity contribution in [2.75, 3.05) is 0 Å². The minimum Gasteiger partial charge on any atom is -0.478 e. The van der Waals surface area contributed by atoms with E-state index in [9.17, 15) is 14.9 Å². The molecule has 1 N–H and O–H groups in total. The van der Waals surface area contributed by atoms with Crippen molar-refractivity contribution in [1.29, 1.82) is 0 Å². The summed E-state index contributed by atoms with van der Waals surface area (Å²) < 4.78 is 1.43. The summed E-state index contributed by atoms with van der Waals surface area (Å²) in [4.78, 5) is 20.7. The van der Waals surface area contributed by atoms with Crippen LogP contribution in [0.5, 0.6) is 0 Å². The molecule has 0 aliphatic carbocycles. The average molecular weight is 239 g/mol. The van der Waals surface area contributed by atoms with E-state index >= 15 is 0 Å². The van der Waals surface area contributed by atoms with Gasteiger partial charge in [-0.05, 0) is 26.3 Å². The summed E-state index contributed by atoms with van der Waals surface area (Å²) in [6, 6.07) is 0. The number of carbonyl (C=O) groups is 1. The molecule has 1 heterocycles. The molecule has 0 saturated carbocycles. The molecular formula is C10H13N3O4. The Kier molecular flexibility index (Phi) is 3.62. The van der Waals surface area contributed by atoms with Crippen molar-refractivity contribution in [3.05, 3.63) is 33.2 Å². The number of hydrogen-bond acceptors (Lipinski definition) is 4. The zero-order valence-corrected chi connectivity index (χ0v) is 9.80. The van der Waals surface area contributed by atoms with Crippen molar-refractivity contribution in [1.82, 2.24) is 9.78 Å². The van der Waals surface area contributed by atoms with Crippen LogP contribution in [0.2, 0.25) is 0 Å².